The van der Waals surface area contributed by atoms with Gasteiger partial charge in [0.05, 0.1) is 0 Å². The summed E-state index contributed by atoms with van der Waals surface area (Å²) in [6.07, 6.45) is 9.36. The molecule has 2 aliphatic rings. The van der Waals surface area contributed by atoms with E-state index in [-0.39, 0.29) is 24.0 Å². The van der Waals surface area contributed by atoms with Crippen molar-refractivity contribution in [2.45, 2.75) is 58.8 Å². The largest absolute Gasteiger partial charge is 0.356 e. The van der Waals surface area contributed by atoms with Crippen LogP contribution in [0.2, 0.25) is 0 Å². The van der Waals surface area contributed by atoms with Gasteiger partial charge in [-0.05, 0) is 57.0 Å². The Hall–Kier alpha value is -0.0800. The summed E-state index contributed by atoms with van der Waals surface area (Å²) in [5.41, 5.74) is 0.493. The Bertz CT molecular complexity index is 413. The normalized spacial score (nSPS) is 21.3. The minimum Gasteiger partial charge on any atom is -0.356 e. The van der Waals surface area contributed by atoms with Gasteiger partial charge in [0.25, 0.3) is 0 Å². The van der Waals surface area contributed by atoms with Gasteiger partial charge in [0.2, 0.25) is 0 Å². The van der Waals surface area contributed by atoms with Crippen LogP contribution in [0.25, 0.3) is 0 Å². The van der Waals surface area contributed by atoms with Gasteiger partial charge in [-0.3, -0.25) is 4.99 Å². The van der Waals surface area contributed by atoms with Crippen molar-refractivity contribution in [3.63, 3.8) is 0 Å². The first-order valence-corrected chi connectivity index (χ1v) is 10.9. The number of guanidine groups is 1. The van der Waals surface area contributed by atoms with Crippen LogP contribution in [0.4, 0.5) is 0 Å². The summed E-state index contributed by atoms with van der Waals surface area (Å²) >= 11 is 0. The zero-order chi connectivity index (χ0) is 18.8. The highest BCUT2D eigenvalue weighted by molar-refractivity contribution is 14.0. The van der Waals surface area contributed by atoms with E-state index in [1.807, 2.05) is 7.05 Å². The van der Waals surface area contributed by atoms with E-state index < -0.39 is 0 Å². The second kappa shape index (κ2) is 13.2. The van der Waals surface area contributed by atoms with E-state index in [1.54, 1.807) is 0 Å². The third kappa shape index (κ3) is 9.31. The number of nitrogens with one attached hydrogen (secondary N) is 2. The number of unbranched alkanes of at least 4 members (excludes halogenated alkanes) is 1. The molecule has 27 heavy (non-hydrogen) atoms. The van der Waals surface area contributed by atoms with Crippen LogP contribution in [-0.2, 0) is 0 Å². The molecule has 1 saturated heterocycles. The summed E-state index contributed by atoms with van der Waals surface area (Å²) in [6.45, 7) is 12.9. The summed E-state index contributed by atoms with van der Waals surface area (Å²) in [5, 5.41) is 7.15. The number of halogens is 1. The molecule has 1 heterocycles. The van der Waals surface area contributed by atoms with E-state index in [0.29, 0.717) is 5.41 Å². The summed E-state index contributed by atoms with van der Waals surface area (Å²) < 4.78 is 0. The molecule has 5 nitrogen and oxygen atoms in total. The highest BCUT2D eigenvalue weighted by Gasteiger charge is 2.34. The second-order valence-electron chi connectivity index (χ2n) is 9.01. The average molecular weight is 494 g/mol. The molecule has 0 spiro atoms. The van der Waals surface area contributed by atoms with Crippen LogP contribution in [0.5, 0.6) is 0 Å². The van der Waals surface area contributed by atoms with Gasteiger partial charge in [0.15, 0.2) is 5.96 Å². The quantitative estimate of drug-likeness (QED) is 0.224. The van der Waals surface area contributed by atoms with Crippen molar-refractivity contribution < 1.29 is 0 Å². The van der Waals surface area contributed by atoms with Crippen molar-refractivity contribution in [3.8, 4) is 0 Å². The van der Waals surface area contributed by atoms with E-state index in [4.69, 9.17) is 0 Å². The van der Waals surface area contributed by atoms with E-state index in [1.165, 1.54) is 77.7 Å². The molecule has 0 amide bonds. The van der Waals surface area contributed by atoms with E-state index >= 15 is 0 Å². The molecule has 0 radical (unpaired) electrons. The van der Waals surface area contributed by atoms with Crippen molar-refractivity contribution in [1.82, 2.24) is 20.4 Å². The minimum atomic E-state index is 0. The summed E-state index contributed by atoms with van der Waals surface area (Å²) in [7, 11) is 4.11. The molecule has 1 aliphatic heterocycles. The van der Waals surface area contributed by atoms with Crippen LogP contribution in [0.15, 0.2) is 4.99 Å². The molecule has 6 heteroatoms. The summed E-state index contributed by atoms with van der Waals surface area (Å²) in [5.74, 6) is 1.76. The van der Waals surface area contributed by atoms with Crippen LogP contribution in [0.3, 0.4) is 0 Å². The third-order valence-corrected chi connectivity index (χ3v) is 6.15. The van der Waals surface area contributed by atoms with Gasteiger partial charge in [-0.25, -0.2) is 0 Å². The molecule has 0 aromatic rings. The molecule has 1 saturated carbocycles. The molecule has 0 unspecified atom stereocenters. The predicted octanol–water partition coefficient (Wildman–Crippen LogP) is 3.40. The topological polar surface area (TPSA) is 42.9 Å². The minimum absolute atomic E-state index is 0. The fourth-order valence-corrected chi connectivity index (χ4v) is 4.67. The Morgan fingerprint density at radius 3 is 2.30 bits per heavy atom. The Kier molecular flexibility index (Phi) is 12.2. The lowest BCUT2D eigenvalue weighted by atomic mass is 9.78. The zero-order valence-corrected chi connectivity index (χ0v) is 20.6. The Morgan fingerprint density at radius 1 is 1.04 bits per heavy atom. The molecule has 160 valence electrons. The lowest BCUT2D eigenvalue weighted by Crippen LogP contribution is -2.45. The number of hydrogen-bond acceptors (Lipinski definition) is 3. The van der Waals surface area contributed by atoms with Gasteiger partial charge < -0.3 is 20.4 Å². The molecule has 2 fully saturated rings. The van der Waals surface area contributed by atoms with Gasteiger partial charge in [0.1, 0.15) is 0 Å². The SMILES string of the molecule is CN=C(NCCCCN1CCN(C)CC1)NCC1(CC(C)C)CCCC1.I. The van der Waals surface area contributed by atoms with E-state index in [2.05, 4.69) is 46.3 Å². The molecule has 0 atom stereocenters. The number of nitrogens with zero attached hydrogens (tertiary/aromatic N) is 3. The third-order valence-electron chi connectivity index (χ3n) is 6.15. The zero-order valence-electron chi connectivity index (χ0n) is 18.2. The smallest absolute Gasteiger partial charge is 0.190 e. The molecule has 0 aromatic carbocycles. The number of aliphatic imine (C=N–C) groups is 1. The van der Waals surface area contributed by atoms with Crippen molar-refractivity contribution in [2.75, 3.05) is 59.9 Å². The maximum atomic E-state index is 4.43. The number of piperazine rings is 1. The molecule has 2 rings (SSSR count). The standard InChI is InChI=1S/C21H43N5.HI/c1-19(2)17-21(9-5-6-10-21)18-24-20(22-3)23-11-7-8-12-26-15-13-25(4)14-16-26;/h19H,5-18H2,1-4H3,(H2,22,23,24);1H. The van der Waals surface area contributed by atoms with Gasteiger partial charge in [-0.2, -0.15) is 0 Å². The van der Waals surface area contributed by atoms with Gasteiger partial charge in [-0.15, -0.1) is 24.0 Å². The fraction of sp³-hybridized carbons (Fsp3) is 0.952. The van der Waals surface area contributed by atoms with Crippen LogP contribution >= 0.6 is 24.0 Å². The Labute approximate surface area is 185 Å². The van der Waals surface area contributed by atoms with E-state index in [0.717, 1.165) is 25.0 Å². The van der Waals surface area contributed by atoms with Crippen molar-refractivity contribution >= 4 is 29.9 Å². The average Bonchev–Trinajstić information content (AvgIpc) is 3.07. The van der Waals surface area contributed by atoms with E-state index in [9.17, 15) is 0 Å². The van der Waals surface area contributed by atoms with Crippen LogP contribution in [-0.4, -0.2) is 75.7 Å². The molecular weight excluding hydrogens is 449 g/mol. The highest BCUT2D eigenvalue weighted by atomic mass is 127. The molecule has 0 aromatic heterocycles. The first-order valence-electron chi connectivity index (χ1n) is 10.9. The second-order valence-corrected chi connectivity index (χ2v) is 9.01. The number of hydrogen-bond donors (Lipinski definition) is 2. The summed E-state index contributed by atoms with van der Waals surface area (Å²) in [6, 6.07) is 0. The molecule has 2 N–H and O–H groups in total. The van der Waals surface area contributed by atoms with Gasteiger partial charge in [-0.1, -0.05) is 26.7 Å². The lowest BCUT2D eigenvalue weighted by molar-refractivity contribution is 0.152. The van der Waals surface area contributed by atoms with Crippen molar-refractivity contribution in [2.24, 2.45) is 16.3 Å². The van der Waals surface area contributed by atoms with Crippen molar-refractivity contribution in [3.05, 3.63) is 0 Å². The maximum Gasteiger partial charge on any atom is 0.190 e. The first kappa shape index (κ1) is 25.0. The number of rotatable bonds is 9. The predicted molar refractivity (Wildman–Crippen MR) is 128 cm³/mol. The van der Waals surface area contributed by atoms with Gasteiger partial charge in [0, 0.05) is 46.3 Å². The maximum absolute atomic E-state index is 4.43. The van der Waals surface area contributed by atoms with Crippen LogP contribution in [0, 0.1) is 11.3 Å². The lowest BCUT2D eigenvalue weighted by Gasteiger charge is -2.32. The summed E-state index contributed by atoms with van der Waals surface area (Å²) in [4.78, 5) is 9.45. The first-order chi connectivity index (χ1) is 12.5. The molecular formula is C21H44IN5. The Morgan fingerprint density at radius 2 is 1.70 bits per heavy atom. The number of likely N-dealkylation sites (N-methyl/N-ethyl adjacent to an activating group) is 1. The molecule has 0 bridgehead atoms. The van der Waals surface area contributed by atoms with Crippen molar-refractivity contribution in [1.29, 1.82) is 0 Å². The molecule has 1 aliphatic carbocycles. The van der Waals surface area contributed by atoms with Crippen LogP contribution in [0.1, 0.15) is 58.8 Å². The van der Waals surface area contributed by atoms with Crippen LogP contribution < -0.4 is 10.6 Å². The van der Waals surface area contributed by atoms with Gasteiger partial charge >= 0.3 is 0 Å². The highest BCUT2D eigenvalue weighted by Crippen LogP contribution is 2.42. The monoisotopic (exact) mass is 493 g/mol. The fourth-order valence-electron chi connectivity index (χ4n) is 4.67. The Balaban J connectivity index is 0.00000364.